The van der Waals surface area contributed by atoms with Crippen molar-refractivity contribution in [3.05, 3.63) is 41.0 Å². The topological polar surface area (TPSA) is 98.1 Å². The number of aromatic nitrogens is 3. The third kappa shape index (κ3) is 3.17. The summed E-state index contributed by atoms with van der Waals surface area (Å²) in [5, 5.41) is 9.77. The van der Waals surface area contributed by atoms with Gasteiger partial charge in [-0.25, -0.2) is 14.5 Å². The molecule has 5 rings (SSSR count). The summed E-state index contributed by atoms with van der Waals surface area (Å²) in [6, 6.07) is 5.35. The van der Waals surface area contributed by atoms with Crippen LogP contribution in [0.4, 0.5) is 4.79 Å². The fraction of sp³-hybridized carbons (Fsp3) is 0.500. The lowest BCUT2D eigenvalue weighted by Crippen LogP contribution is -2.32. The number of carbonyl (C=O) groups is 2. The molecule has 146 valence electrons. The summed E-state index contributed by atoms with van der Waals surface area (Å²) >= 11 is 0. The first-order chi connectivity index (χ1) is 13.7. The summed E-state index contributed by atoms with van der Waals surface area (Å²) in [6.07, 6.45) is 5.50. The molecule has 1 aliphatic carbocycles. The Morgan fingerprint density at radius 2 is 1.96 bits per heavy atom. The van der Waals surface area contributed by atoms with Gasteiger partial charge in [0.25, 0.3) is 5.91 Å². The molecule has 0 spiro atoms. The highest BCUT2D eigenvalue weighted by Crippen LogP contribution is 2.28. The Balaban J connectivity index is 1.51. The average molecular weight is 381 g/mol. The summed E-state index contributed by atoms with van der Waals surface area (Å²) in [6.45, 7) is 1.43. The standard InChI is InChI=1S/C20H23N5O3/c26-19-16(21-20(27)23-19)11-17-22-18(13-6-8-28-9-7-13)24-25(17)15-5-4-12-2-1-3-14(12)10-15/h4-5,10,13,16H,1-3,6-9,11H2,(H2,21,23,26,27)/t16-/m1/s1. The Morgan fingerprint density at radius 3 is 2.75 bits per heavy atom. The third-order valence-electron chi connectivity index (χ3n) is 5.85. The highest BCUT2D eigenvalue weighted by Gasteiger charge is 2.32. The molecule has 2 fully saturated rings. The minimum absolute atomic E-state index is 0.259. The third-order valence-corrected chi connectivity index (χ3v) is 5.85. The van der Waals surface area contributed by atoms with Crippen LogP contribution in [0.3, 0.4) is 0 Å². The largest absolute Gasteiger partial charge is 0.381 e. The van der Waals surface area contributed by atoms with Crippen LogP contribution in [0.2, 0.25) is 0 Å². The molecule has 0 bridgehead atoms. The number of imide groups is 1. The Morgan fingerprint density at radius 1 is 1.14 bits per heavy atom. The Kier molecular flexibility index (Phi) is 4.35. The molecule has 2 N–H and O–H groups in total. The van der Waals surface area contributed by atoms with Gasteiger partial charge in [-0.2, -0.15) is 5.10 Å². The molecule has 8 nitrogen and oxygen atoms in total. The lowest BCUT2D eigenvalue weighted by molar-refractivity contribution is -0.120. The van der Waals surface area contributed by atoms with E-state index in [-0.39, 0.29) is 11.8 Å². The predicted octanol–water partition coefficient (Wildman–Crippen LogP) is 1.40. The molecule has 28 heavy (non-hydrogen) atoms. The van der Waals surface area contributed by atoms with Crippen LogP contribution < -0.4 is 10.6 Å². The van der Waals surface area contributed by atoms with Crippen LogP contribution in [0.5, 0.6) is 0 Å². The van der Waals surface area contributed by atoms with Crippen LogP contribution in [-0.2, 0) is 28.8 Å². The highest BCUT2D eigenvalue weighted by molar-refractivity contribution is 6.04. The molecule has 1 aromatic heterocycles. The Hall–Kier alpha value is -2.74. The molecule has 8 heteroatoms. The number of hydrogen-bond acceptors (Lipinski definition) is 5. The minimum Gasteiger partial charge on any atom is -0.381 e. The molecule has 3 heterocycles. The maximum atomic E-state index is 12.0. The first-order valence-electron chi connectivity index (χ1n) is 9.94. The molecule has 1 aromatic carbocycles. The van der Waals surface area contributed by atoms with Crippen molar-refractivity contribution in [2.24, 2.45) is 0 Å². The predicted molar refractivity (Wildman–Crippen MR) is 100 cm³/mol. The summed E-state index contributed by atoms with van der Waals surface area (Å²) in [5.74, 6) is 1.43. The molecule has 0 radical (unpaired) electrons. The fourth-order valence-corrected chi connectivity index (χ4v) is 4.30. The van der Waals surface area contributed by atoms with Gasteiger partial charge in [0.05, 0.1) is 5.69 Å². The second-order valence-corrected chi connectivity index (χ2v) is 7.71. The highest BCUT2D eigenvalue weighted by atomic mass is 16.5. The van der Waals surface area contributed by atoms with E-state index in [0.29, 0.717) is 25.5 Å². The van der Waals surface area contributed by atoms with Crippen LogP contribution in [0, 0.1) is 0 Å². The number of nitrogens with zero attached hydrogens (tertiary/aromatic N) is 3. The smallest absolute Gasteiger partial charge is 0.322 e. The quantitative estimate of drug-likeness (QED) is 0.780. The van der Waals surface area contributed by atoms with E-state index < -0.39 is 12.1 Å². The molecule has 1 atom stereocenters. The van der Waals surface area contributed by atoms with Gasteiger partial charge in [-0.05, 0) is 55.4 Å². The molecule has 2 aliphatic heterocycles. The first kappa shape index (κ1) is 17.4. The van der Waals surface area contributed by atoms with Gasteiger partial charge in [0.2, 0.25) is 0 Å². The zero-order valence-corrected chi connectivity index (χ0v) is 15.6. The number of amides is 3. The van der Waals surface area contributed by atoms with Gasteiger partial charge in [0.15, 0.2) is 5.82 Å². The second-order valence-electron chi connectivity index (χ2n) is 7.71. The van der Waals surface area contributed by atoms with Crippen LogP contribution >= 0.6 is 0 Å². The van der Waals surface area contributed by atoms with Crippen LogP contribution in [0.15, 0.2) is 18.2 Å². The number of benzene rings is 1. The van der Waals surface area contributed by atoms with Gasteiger partial charge in [0, 0.05) is 25.6 Å². The van der Waals surface area contributed by atoms with Crippen LogP contribution in [-0.4, -0.2) is 46.0 Å². The molecule has 3 aliphatic rings. The molecular formula is C20H23N5O3. The number of aryl methyl sites for hydroxylation is 2. The minimum atomic E-state index is -0.618. The van der Waals surface area contributed by atoms with Crippen molar-refractivity contribution in [2.75, 3.05) is 13.2 Å². The molecule has 2 aromatic rings. The van der Waals surface area contributed by atoms with Crippen molar-refractivity contribution in [3.8, 4) is 5.69 Å². The lowest BCUT2D eigenvalue weighted by atomic mass is 10.00. The van der Waals surface area contributed by atoms with Crippen molar-refractivity contribution in [1.82, 2.24) is 25.4 Å². The summed E-state index contributed by atoms with van der Waals surface area (Å²) < 4.78 is 7.31. The fourth-order valence-electron chi connectivity index (χ4n) is 4.30. The normalized spacial score (nSPS) is 22.2. The van der Waals surface area contributed by atoms with E-state index in [0.717, 1.165) is 37.2 Å². The van der Waals surface area contributed by atoms with Gasteiger partial charge in [-0.15, -0.1) is 0 Å². The van der Waals surface area contributed by atoms with Gasteiger partial charge < -0.3 is 10.1 Å². The van der Waals surface area contributed by atoms with E-state index in [1.165, 1.54) is 17.5 Å². The number of fused-ring (bicyclic) bond motifs is 1. The maximum absolute atomic E-state index is 12.0. The number of rotatable bonds is 4. The molecule has 3 amide bonds. The van der Waals surface area contributed by atoms with Crippen molar-refractivity contribution < 1.29 is 14.3 Å². The van der Waals surface area contributed by atoms with Crippen molar-refractivity contribution >= 4 is 11.9 Å². The van der Waals surface area contributed by atoms with Gasteiger partial charge >= 0.3 is 6.03 Å². The van der Waals surface area contributed by atoms with E-state index in [1.807, 2.05) is 4.68 Å². The molecule has 0 unspecified atom stereocenters. The number of nitrogens with one attached hydrogen (secondary N) is 2. The SMILES string of the molecule is O=C1NC(=O)[C@@H](Cc2nc(C3CCOCC3)nn2-c2ccc3c(c2)CCC3)N1. The van der Waals surface area contributed by atoms with E-state index >= 15 is 0 Å². The monoisotopic (exact) mass is 381 g/mol. The zero-order valence-electron chi connectivity index (χ0n) is 15.6. The van der Waals surface area contributed by atoms with Crippen molar-refractivity contribution in [2.45, 2.75) is 50.5 Å². The number of hydrogen-bond donors (Lipinski definition) is 2. The molecule has 2 saturated heterocycles. The van der Waals surface area contributed by atoms with E-state index in [2.05, 4.69) is 28.8 Å². The first-order valence-corrected chi connectivity index (χ1v) is 9.94. The molecule has 0 saturated carbocycles. The summed E-state index contributed by atoms with van der Waals surface area (Å²) in [5.41, 5.74) is 3.72. The van der Waals surface area contributed by atoms with Gasteiger partial charge in [-0.3, -0.25) is 10.1 Å². The summed E-state index contributed by atoms with van der Waals surface area (Å²) in [4.78, 5) is 28.3. The Labute approximate surface area is 162 Å². The van der Waals surface area contributed by atoms with Crippen molar-refractivity contribution in [1.29, 1.82) is 0 Å². The maximum Gasteiger partial charge on any atom is 0.322 e. The van der Waals surface area contributed by atoms with E-state index in [1.54, 1.807) is 0 Å². The van der Waals surface area contributed by atoms with E-state index in [9.17, 15) is 9.59 Å². The van der Waals surface area contributed by atoms with E-state index in [4.69, 9.17) is 14.8 Å². The van der Waals surface area contributed by atoms with Crippen LogP contribution in [0.1, 0.15) is 48.0 Å². The van der Waals surface area contributed by atoms with Crippen LogP contribution in [0.25, 0.3) is 5.69 Å². The van der Waals surface area contributed by atoms with Crippen molar-refractivity contribution in [3.63, 3.8) is 0 Å². The summed E-state index contributed by atoms with van der Waals surface area (Å²) in [7, 11) is 0. The number of carbonyl (C=O) groups excluding carboxylic acids is 2. The second kappa shape index (κ2) is 7.01. The number of urea groups is 1. The van der Waals surface area contributed by atoms with Gasteiger partial charge in [0.1, 0.15) is 11.9 Å². The zero-order chi connectivity index (χ0) is 19.1. The number of ether oxygens (including phenoxy) is 1. The van der Waals surface area contributed by atoms with Gasteiger partial charge in [-0.1, -0.05) is 6.07 Å². The lowest BCUT2D eigenvalue weighted by Gasteiger charge is -2.18. The Bertz CT molecular complexity index is 932. The average Bonchev–Trinajstić information content (AvgIpc) is 3.41. The molecular weight excluding hydrogens is 358 g/mol.